The normalized spacial score (nSPS) is 13.1. The number of ether oxygens (including phenoxy) is 2. The molecule has 2 aromatic heterocycles. The average Bonchev–Trinajstić information content (AvgIpc) is 3.41. The van der Waals surface area contributed by atoms with Crippen LogP contribution >= 0.6 is 0 Å². The van der Waals surface area contributed by atoms with Gasteiger partial charge in [0.15, 0.2) is 0 Å². The summed E-state index contributed by atoms with van der Waals surface area (Å²) in [6, 6.07) is 20.2. The van der Waals surface area contributed by atoms with E-state index in [0.29, 0.717) is 29.9 Å². The van der Waals surface area contributed by atoms with Crippen LogP contribution in [0.15, 0.2) is 91.5 Å². The van der Waals surface area contributed by atoms with Crippen molar-refractivity contribution in [2.75, 3.05) is 30.4 Å². The van der Waals surface area contributed by atoms with Gasteiger partial charge in [0.25, 0.3) is 5.91 Å². The first-order valence-electron chi connectivity index (χ1n) is 11.2. The third kappa shape index (κ3) is 4.72. The summed E-state index contributed by atoms with van der Waals surface area (Å²) >= 11 is 0. The van der Waals surface area contributed by atoms with E-state index in [1.165, 1.54) is 13.3 Å². The van der Waals surface area contributed by atoms with Gasteiger partial charge in [-0.1, -0.05) is 6.07 Å². The summed E-state index contributed by atoms with van der Waals surface area (Å²) in [4.78, 5) is 30.8. The molecule has 8 heteroatoms. The van der Waals surface area contributed by atoms with E-state index >= 15 is 0 Å². The van der Waals surface area contributed by atoms with Gasteiger partial charge in [0.1, 0.15) is 11.9 Å². The van der Waals surface area contributed by atoms with Crippen molar-refractivity contribution < 1.29 is 19.1 Å². The molecule has 8 nitrogen and oxygen atoms in total. The van der Waals surface area contributed by atoms with Crippen LogP contribution in [0.2, 0.25) is 0 Å². The smallest absolute Gasteiger partial charge is 0.340 e. The molecule has 176 valence electrons. The fourth-order valence-electron chi connectivity index (χ4n) is 4.04. The maximum Gasteiger partial charge on any atom is 0.340 e. The number of amides is 1. The molecule has 1 amide bonds. The first kappa shape index (κ1) is 22.2. The quantitative estimate of drug-likeness (QED) is 0.410. The first-order chi connectivity index (χ1) is 17.1. The Balaban J connectivity index is 1.23. The molecule has 1 aliphatic rings. The molecule has 1 saturated heterocycles. The minimum atomic E-state index is -0.375. The second-order valence-corrected chi connectivity index (χ2v) is 8.12. The number of hydrogen-bond acceptors (Lipinski definition) is 6. The molecule has 4 aromatic rings. The van der Waals surface area contributed by atoms with Crippen molar-refractivity contribution in [2.45, 2.75) is 6.10 Å². The number of para-hydroxylation sites is 1. The monoisotopic (exact) mass is 468 g/mol. The van der Waals surface area contributed by atoms with E-state index in [-0.39, 0.29) is 18.0 Å². The van der Waals surface area contributed by atoms with Gasteiger partial charge >= 0.3 is 5.97 Å². The molecule has 0 saturated carbocycles. The van der Waals surface area contributed by atoms with Gasteiger partial charge < -0.3 is 24.3 Å². The fraction of sp³-hybridized carbons (Fsp3) is 0.148. The minimum absolute atomic E-state index is 0.00475. The van der Waals surface area contributed by atoms with E-state index in [2.05, 4.69) is 15.2 Å². The molecule has 1 aliphatic heterocycles. The minimum Gasteiger partial charge on any atom is -0.487 e. The number of carbonyl (C=O) groups excluding carboxylic acids is 2. The molecule has 35 heavy (non-hydrogen) atoms. The van der Waals surface area contributed by atoms with Crippen molar-refractivity contribution in [1.29, 1.82) is 0 Å². The third-order valence-electron chi connectivity index (χ3n) is 5.81. The van der Waals surface area contributed by atoms with Crippen LogP contribution < -0.4 is 15.0 Å². The summed E-state index contributed by atoms with van der Waals surface area (Å²) < 4.78 is 13.0. The number of hydrogen-bond donors (Lipinski definition) is 1. The summed E-state index contributed by atoms with van der Waals surface area (Å²) in [5.74, 6) is 0.136. The van der Waals surface area contributed by atoms with Crippen molar-refractivity contribution in [2.24, 2.45) is 0 Å². The predicted molar refractivity (Wildman–Crippen MR) is 132 cm³/mol. The molecule has 0 bridgehead atoms. The summed E-state index contributed by atoms with van der Waals surface area (Å²) in [5, 5.41) is 2.85. The van der Waals surface area contributed by atoms with Crippen LogP contribution in [0, 0.1) is 0 Å². The number of methoxy groups -OCH3 is 1. The molecule has 3 heterocycles. The maximum absolute atomic E-state index is 12.4. The largest absolute Gasteiger partial charge is 0.487 e. The summed E-state index contributed by atoms with van der Waals surface area (Å²) in [6.07, 6.45) is 6.98. The highest BCUT2D eigenvalue weighted by molar-refractivity contribution is 6.04. The molecule has 2 aromatic carbocycles. The standard InChI is InChI=1S/C27H24N4O4/c1-34-27(33)23-7-4-8-24(25(23)30-14-2-3-15-30)31-17-22(18-31)35-21-11-9-20(10-12-21)29-26(32)19-6-5-13-28-16-19/h2-16,22H,17-18H2,1H3,(H,29,32). The summed E-state index contributed by atoms with van der Waals surface area (Å²) in [6.45, 7) is 1.36. The molecule has 1 fully saturated rings. The lowest BCUT2D eigenvalue weighted by Crippen LogP contribution is -2.54. The Morgan fingerprint density at radius 2 is 1.74 bits per heavy atom. The number of nitrogens with zero attached hydrogens (tertiary/aromatic N) is 3. The number of aromatic nitrogens is 2. The highest BCUT2D eigenvalue weighted by Gasteiger charge is 2.32. The Kier molecular flexibility index (Phi) is 6.17. The van der Waals surface area contributed by atoms with Gasteiger partial charge in [-0.15, -0.1) is 0 Å². The van der Waals surface area contributed by atoms with Crippen LogP contribution in [-0.2, 0) is 4.74 Å². The number of anilines is 2. The topological polar surface area (TPSA) is 85.7 Å². The first-order valence-corrected chi connectivity index (χ1v) is 11.2. The van der Waals surface area contributed by atoms with Crippen LogP contribution in [0.5, 0.6) is 5.75 Å². The molecule has 5 rings (SSSR count). The van der Waals surface area contributed by atoms with E-state index in [1.807, 2.05) is 65.5 Å². The van der Waals surface area contributed by atoms with Crippen LogP contribution in [0.4, 0.5) is 11.4 Å². The molecule has 0 radical (unpaired) electrons. The van der Waals surface area contributed by atoms with Crippen molar-refractivity contribution in [3.05, 3.63) is 103 Å². The Labute approximate surface area is 202 Å². The Morgan fingerprint density at radius 1 is 0.971 bits per heavy atom. The van der Waals surface area contributed by atoms with E-state index in [9.17, 15) is 9.59 Å². The number of pyridine rings is 1. The number of nitrogens with one attached hydrogen (secondary N) is 1. The van der Waals surface area contributed by atoms with Gasteiger partial charge in [-0.2, -0.15) is 0 Å². The van der Waals surface area contributed by atoms with E-state index < -0.39 is 0 Å². The Bertz CT molecular complexity index is 1320. The van der Waals surface area contributed by atoms with Crippen molar-refractivity contribution in [3.8, 4) is 11.4 Å². The van der Waals surface area contributed by atoms with Gasteiger partial charge in [-0.3, -0.25) is 9.78 Å². The zero-order valence-electron chi connectivity index (χ0n) is 19.1. The van der Waals surface area contributed by atoms with Gasteiger partial charge in [-0.25, -0.2) is 4.79 Å². The Morgan fingerprint density at radius 3 is 2.43 bits per heavy atom. The van der Waals surface area contributed by atoms with Crippen molar-refractivity contribution >= 4 is 23.3 Å². The SMILES string of the molecule is COC(=O)c1cccc(N2CC(Oc3ccc(NC(=O)c4cccnc4)cc3)C2)c1-n1cccc1. The number of benzene rings is 2. The third-order valence-corrected chi connectivity index (χ3v) is 5.81. The number of carbonyl (C=O) groups is 2. The summed E-state index contributed by atoms with van der Waals surface area (Å²) in [5.41, 5.74) is 3.42. The van der Waals surface area contributed by atoms with Crippen molar-refractivity contribution in [1.82, 2.24) is 9.55 Å². The molecular weight excluding hydrogens is 444 g/mol. The second kappa shape index (κ2) is 9.72. The van der Waals surface area contributed by atoms with Crippen LogP contribution in [0.3, 0.4) is 0 Å². The van der Waals surface area contributed by atoms with Gasteiger partial charge in [0.05, 0.1) is 42.7 Å². The van der Waals surface area contributed by atoms with Crippen LogP contribution in [-0.4, -0.2) is 47.7 Å². The summed E-state index contributed by atoms with van der Waals surface area (Å²) in [7, 11) is 1.39. The fourth-order valence-corrected chi connectivity index (χ4v) is 4.04. The number of esters is 1. The van der Waals surface area contributed by atoms with E-state index in [0.717, 1.165) is 17.1 Å². The Hall–Kier alpha value is -4.59. The molecule has 0 unspecified atom stereocenters. The molecule has 0 atom stereocenters. The average molecular weight is 469 g/mol. The zero-order valence-corrected chi connectivity index (χ0v) is 19.1. The lowest BCUT2D eigenvalue weighted by molar-refractivity contribution is 0.0600. The van der Waals surface area contributed by atoms with Gasteiger partial charge in [-0.05, 0) is 60.7 Å². The lowest BCUT2D eigenvalue weighted by atomic mass is 10.1. The highest BCUT2D eigenvalue weighted by Crippen LogP contribution is 2.33. The predicted octanol–water partition coefficient (Wildman–Crippen LogP) is 4.18. The molecule has 0 spiro atoms. The van der Waals surface area contributed by atoms with Crippen LogP contribution in [0.1, 0.15) is 20.7 Å². The second-order valence-electron chi connectivity index (χ2n) is 8.12. The van der Waals surface area contributed by atoms with Crippen molar-refractivity contribution in [3.63, 3.8) is 0 Å². The van der Waals surface area contributed by atoms with Gasteiger partial charge in [0.2, 0.25) is 0 Å². The van der Waals surface area contributed by atoms with E-state index in [4.69, 9.17) is 9.47 Å². The molecule has 1 N–H and O–H groups in total. The van der Waals surface area contributed by atoms with Gasteiger partial charge in [0, 0.05) is 30.5 Å². The lowest BCUT2D eigenvalue weighted by Gasteiger charge is -2.41. The van der Waals surface area contributed by atoms with E-state index in [1.54, 1.807) is 24.4 Å². The molecular formula is C27H24N4O4. The van der Waals surface area contributed by atoms with Crippen LogP contribution in [0.25, 0.3) is 5.69 Å². The highest BCUT2D eigenvalue weighted by atomic mass is 16.5. The maximum atomic E-state index is 12.4. The number of rotatable bonds is 7. The molecule has 0 aliphatic carbocycles. The zero-order chi connectivity index (χ0) is 24.2.